The number of rotatable bonds is 6. The van der Waals surface area contributed by atoms with Crippen molar-refractivity contribution in [1.29, 1.82) is 0 Å². The lowest BCUT2D eigenvalue weighted by atomic mass is 10.0. The zero-order valence-corrected chi connectivity index (χ0v) is 16.1. The Morgan fingerprint density at radius 3 is 2.50 bits per heavy atom. The molecule has 1 aromatic carbocycles. The molecule has 1 aromatic heterocycles. The molecular weight excluding hydrogens is 318 g/mol. The van der Waals surface area contributed by atoms with E-state index < -0.39 is 0 Å². The van der Waals surface area contributed by atoms with Crippen LogP contribution in [0.15, 0.2) is 60.9 Å². The van der Waals surface area contributed by atoms with E-state index in [-0.39, 0.29) is 0 Å². The lowest BCUT2D eigenvalue weighted by Crippen LogP contribution is -2.31. The second-order valence-electron chi connectivity index (χ2n) is 7.57. The van der Waals surface area contributed by atoms with E-state index in [9.17, 15) is 0 Å². The lowest BCUT2D eigenvalue weighted by molar-refractivity contribution is 0.263. The van der Waals surface area contributed by atoms with Gasteiger partial charge in [-0.25, -0.2) is 0 Å². The Balaban J connectivity index is 1.61. The van der Waals surface area contributed by atoms with Crippen molar-refractivity contribution < 1.29 is 0 Å². The van der Waals surface area contributed by atoms with E-state index in [1.54, 1.807) is 0 Å². The molecule has 1 fully saturated rings. The van der Waals surface area contributed by atoms with Crippen LogP contribution in [0.4, 0.5) is 0 Å². The molecule has 3 nitrogen and oxygen atoms in total. The Labute approximate surface area is 158 Å². The standard InChI is InChI=1S/C23H31N3/c1-20(2)16-23(22-9-4-3-5-10-22)19-26-13-7-12-25(14-15-26)18-21-8-6-11-24-17-21/h3-6,8-11,16-17,20H,7,12-15,18-19H2,1-2H3/b23-16+. The summed E-state index contributed by atoms with van der Waals surface area (Å²) >= 11 is 0. The van der Waals surface area contributed by atoms with Crippen LogP contribution < -0.4 is 0 Å². The number of pyridine rings is 1. The summed E-state index contributed by atoms with van der Waals surface area (Å²) < 4.78 is 0. The van der Waals surface area contributed by atoms with Crippen LogP contribution in [0.3, 0.4) is 0 Å². The molecule has 0 atom stereocenters. The minimum atomic E-state index is 0.569. The fourth-order valence-corrected chi connectivity index (χ4v) is 3.63. The minimum Gasteiger partial charge on any atom is -0.298 e. The quantitative estimate of drug-likeness (QED) is 0.774. The van der Waals surface area contributed by atoms with Crippen LogP contribution in [0.1, 0.15) is 31.4 Å². The Morgan fingerprint density at radius 2 is 1.77 bits per heavy atom. The molecule has 0 aliphatic carbocycles. The molecule has 0 bridgehead atoms. The molecule has 0 spiro atoms. The van der Waals surface area contributed by atoms with Crippen LogP contribution >= 0.6 is 0 Å². The number of aromatic nitrogens is 1. The highest BCUT2D eigenvalue weighted by Gasteiger charge is 2.16. The number of hydrogen-bond acceptors (Lipinski definition) is 3. The maximum Gasteiger partial charge on any atom is 0.0312 e. The van der Waals surface area contributed by atoms with E-state index in [0.29, 0.717) is 5.92 Å². The van der Waals surface area contributed by atoms with Crippen molar-refractivity contribution in [2.45, 2.75) is 26.8 Å². The Kier molecular flexibility index (Phi) is 6.98. The van der Waals surface area contributed by atoms with E-state index in [0.717, 1.165) is 26.2 Å². The van der Waals surface area contributed by atoms with E-state index in [1.165, 1.54) is 36.2 Å². The fourth-order valence-electron chi connectivity index (χ4n) is 3.63. The van der Waals surface area contributed by atoms with Crippen molar-refractivity contribution in [2.24, 2.45) is 5.92 Å². The molecule has 2 aromatic rings. The van der Waals surface area contributed by atoms with E-state index in [2.05, 4.69) is 71.1 Å². The van der Waals surface area contributed by atoms with Gasteiger partial charge >= 0.3 is 0 Å². The molecular formula is C23H31N3. The van der Waals surface area contributed by atoms with Gasteiger partial charge in [-0.3, -0.25) is 14.8 Å². The van der Waals surface area contributed by atoms with Crippen molar-refractivity contribution in [3.63, 3.8) is 0 Å². The summed E-state index contributed by atoms with van der Waals surface area (Å²) in [6.45, 7) is 11.2. The van der Waals surface area contributed by atoms with Gasteiger partial charge in [-0.05, 0) is 48.2 Å². The second-order valence-corrected chi connectivity index (χ2v) is 7.57. The molecule has 2 heterocycles. The topological polar surface area (TPSA) is 19.4 Å². The van der Waals surface area contributed by atoms with Gasteiger partial charge < -0.3 is 0 Å². The van der Waals surface area contributed by atoms with Crippen LogP contribution in [0.5, 0.6) is 0 Å². The molecule has 0 amide bonds. The van der Waals surface area contributed by atoms with Gasteiger partial charge in [-0.15, -0.1) is 0 Å². The van der Waals surface area contributed by atoms with Gasteiger partial charge in [0, 0.05) is 38.6 Å². The molecule has 1 aliphatic rings. The molecule has 0 radical (unpaired) electrons. The molecule has 1 saturated heterocycles. The fraction of sp³-hybridized carbons (Fsp3) is 0.435. The summed E-state index contributed by atoms with van der Waals surface area (Å²) in [5, 5.41) is 0. The highest BCUT2D eigenvalue weighted by atomic mass is 15.2. The molecule has 138 valence electrons. The molecule has 1 aliphatic heterocycles. The average molecular weight is 350 g/mol. The van der Waals surface area contributed by atoms with Crippen molar-refractivity contribution in [3.05, 3.63) is 72.1 Å². The Bertz CT molecular complexity index is 679. The van der Waals surface area contributed by atoms with Gasteiger partial charge in [0.25, 0.3) is 0 Å². The second kappa shape index (κ2) is 9.65. The summed E-state index contributed by atoms with van der Waals surface area (Å²) in [6.07, 6.45) is 7.49. The highest BCUT2D eigenvalue weighted by molar-refractivity contribution is 5.67. The Hall–Kier alpha value is -1.97. The first kappa shape index (κ1) is 18.8. The number of allylic oxidation sites excluding steroid dienone is 1. The van der Waals surface area contributed by atoms with Crippen LogP contribution in [0, 0.1) is 5.92 Å². The predicted octanol–water partition coefficient (Wildman–Crippen LogP) is 4.33. The first-order chi connectivity index (χ1) is 12.7. The smallest absolute Gasteiger partial charge is 0.0312 e. The molecule has 26 heavy (non-hydrogen) atoms. The zero-order chi connectivity index (χ0) is 18.2. The summed E-state index contributed by atoms with van der Waals surface area (Å²) in [5.41, 5.74) is 4.13. The molecule has 0 N–H and O–H groups in total. The van der Waals surface area contributed by atoms with Crippen LogP contribution in [0.25, 0.3) is 5.57 Å². The molecule has 3 heteroatoms. The third-order valence-corrected chi connectivity index (χ3v) is 4.88. The van der Waals surface area contributed by atoms with Crippen LogP contribution in [0.2, 0.25) is 0 Å². The number of benzene rings is 1. The molecule has 0 unspecified atom stereocenters. The largest absolute Gasteiger partial charge is 0.298 e. The maximum absolute atomic E-state index is 4.24. The zero-order valence-electron chi connectivity index (χ0n) is 16.1. The van der Waals surface area contributed by atoms with Gasteiger partial charge in [-0.2, -0.15) is 0 Å². The normalized spacial score (nSPS) is 17.4. The minimum absolute atomic E-state index is 0.569. The van der Waals surface area contributed by atoms with Crippen LogP contribution in [-0.2, 0) is 6.54 Å². The maximum atomic E-state index is 4.24. The van der Waals surface area contributed by atoms with Crippen molar-refractivity contribution in [3.8, 4) is 0 Å². The summed E-state index contributed by atoms with van der Waals surface area (Å²) in [6, 6.07) is 15.1. The van der Waals surface area contributed by atoms with Gasteiger partial charge in [0.05, 0.1) is 0 Å². The molecule has 0 saturated carbocycles. The van der Waals surface area contributed by atoms with Crippen molar-refractivity contribution in [2.75, 3.05) is 32.7 Å². The van der Waals surface area contributed by atoms with Gasteiger partial charge in [0.15, 0.2) is 0 Å². The van der Waals surface area contributed by atoms with Gasteiger partial charge in [0.1, 0.15) is 0 Å². The number of hydrogen-bond donors (Lipinski definition) is 0. The highest BCUT2D eigenvalue weighted by Crippen LogP contribution is 2.19. The van der Waals surface area contributed by atoms with Crippen LogP contribution in [-0.4, -0.2) is 47.5 Å². The SMILES string of the molecule is CC(C)/C=C(\CN1CCCN(Cc2cccnc2)CC1)c1ccccc1. The number of nitrogens with zero attached hydrogens (tertiary/aromatic N) is 3. The molecule has 3 rings (SSSR count). The summed E-state index contributed by atoms with van der Waals surface area (Å²) in [5.74, 6) is 0.569. The predicted molar refractivity (Wildman–Crippen MR) is 110 cm³/mol. The first-order valence-corrected chi connectivity index (χ1v) is 9.80. The lowest BCUT2D eigenvalue weighted by Gasteiger charge is -2.23. The van der Waals surface area contributed by atoms with Gasteiger partial charge in [-0.1, -0.05) is 56.3 Å². The Morgan fingerprint density at radius 1 is 1.00 bits per heavy atom. The van der Waals surface area contributed by atoms with Gasteiger partial charge in [0.2, 0.25) is 0 Å². The summed E-state index contributed by atoms with van der Waals surface area (Å²) in [4.78, 5) is 9.42. The third-order valence-electron chi connectivity index (χ3n) is 4.88. The van der Waals surface area contributed by atoms with E-state index in [1.807, 2.05) is 18.5 Å². The van der Waals surface area contributed by atoms with E-state index in [4.69, 9.17) is 0 Å². The monoisotopic (exact) mass is 349 g/mol. The van der Waals surface area contributed by atoms with E-state index >= 15 is 0 Å². The average Bonchev–Trinajstić information content (AvgIpc) is 2.88. The first-order valence-electron chi connectivity index (χ1n) is 9.80. The van der Waals surface area contributed by atoms with Crippen molar-refractivity contribution >= 4 is 5.57 Å². The summed E-state index contributed by atoms with van der Waals surface area (Å²) in [7, 11) is 0. The van der Waals surface area contributed by atoms with Crippen molar-refractivity contribution in [1.82, 2.24) is 14.8 Å². The third kappa shape index (κ3) is 5.79.